The van der Waals surface area contributed by atoms with Crippen LogP contribution in [0.25, 0.3) is 0 Å². The predicted octanol–water partition coefficient (Wildman–Crippen LogP) is 2.88. The van der Waals surface area contributed by atoms with Crippen LogP contribution < -0.4 is 4.90 Å². The first-order valence-electron chi connectivity index (χ1n) is 6.66. The maximum absolute atomic E-state index is 11.2. The number of rotatable bonds is 5. The lowest BCUT2D eigenvalue weighted by atomic mass is 9.85. The van der Waals surface area contributed by atoms with E-state index in [1.807, 2.05) is 11.9 Å². The number of benzene rings is 1. The van der Waals surface area contributed by atoms with Gasteiger partial charge >= 0.3 is 0 Å². The lowest BCUT2D eigenvalue weighted by Gasteiger charge is -2.31. The zero-order valence-corrected chi connectivity index (χ0v) is 11.4. The molecular formula is C14H20N2O3. The quantitative estimate of drug-likeness (QED) is 0.656. The van der Waals surface area contributed by atoms with Gasteiger partial charge in [-0.3, -0.25) is 10.1 Å². The van der Waals surface area contributed by atoms with Crippen LogP contribution >= 0.6 is 0 Å². The first-order chi connectivity index (χ1) is 8.99. The minimum absolute atomic E-state index is 0.0697. The first-order valence-corrected chi connectivity index (χ1v) is 6.66. The fraction of sp³-hybridized carbons (Fsp3) is 0.571. The predicted molar refractivity (Wildman–Crippen MR) is 74.3 cm³/mol. The summed E-state index contributed by atoms with van der Waals surface area (Å²) < 4.78 is 0. The van der Waals surface area contributed by atoms with Crippen molar-refractivity contribution in [2.45, 2.75) is 32.3 Å². The monoisotopic (exact) mass is 264 g/mol. The molecule has 0 heterocycles. The standard InChI is InChI=1S/C14H20N2O3/c1-10(17)12-6-7-13(14(8-12)16(18)19)15(2)9-11-4-3-5-11/h6-8,10-11,17H,3-5,9H2,1-2H3. The van der Waals surface area contributed by atoms with E-state index in [4.69, 9.17) is 0 Å². The summed E-state index contributed by atoms with van der Waals surface area (Å²) in [5.41, 5.74) is 1.27. The fourth-order valence-corrected chi connectivity index (χ4v) is 2.43. The smallest absolute Gasteiger partial charge is 0.292 e. The lowest BCUT2D eigenvalue weighted by Crippen LogP contribution is -2.29. The Balaban J connectivity index is 2.24. The number of nitro benzene ring substituents is 1. The molecule has 1 aliphatic rings. The molecule has 0 spiro atoms. The summed E-state index contributed by atoms with van der Waals surface area (Å²) in [4.78, 5) is 12.7. The third-order valence-corrected chi connectivity index (χ3v) is 3.85. The molecule has 1 aromatic rings. The molecular weight excluding hydrogens is 244 g/mol. The zero-order chi connectivity index (χ0) is 14.0. The van der Waals surface area contributed by atoms with Gasteiger partial charge in [-0.15, -0.1) is 0 Å². The van der Waals surface area contributed by atoms with Crippen LogP contribution in [0.5, 0.6) is 0 Å². The molecule has 0 radical (unpaired) electrons. The van der Waals surface area contributed by atoms with Gasteiger partial charge in [-0.25, -0.2) is 0 Å². The molecule has 1 unspecified atom stereocenters. The van der Waals surface area contributed by atoms with Gasteiger partial charge in [-0.2, -0.15) is 0 Å². The van der Waals surface area contributed by atoms with Crippen LogP contribution in [0.1, 0.15) is 37.9 Å². The molecule has 19 heavy (non-hydrogen) atoms. The van der Waals surface area contributed by atoms with Crippen LogP contribution in [0.2, 0.25) is 0 Å². The summed E-state index contributed by atoms with van der Waals surface area (Å²) in [7, 11) is 1.89. The van der Waals surface area contributed by atoms with E-state index in [0.717, 1.165) is 6.54 Å². The zero-order valence-electron chi connectivity index (χ0n) is 11.4. The van der Waals surface area contributed by atoms with E-state index in [1.54, 1.807) is 19.1 Å². The van der Waals surface area contributed by atoms with Gasteiger partial charge in [0.25, 0.3) is 5.69 Å². The molecule has 0 saturated heterocycles. The van der Waals surface area contributed by atoms with Crippen LogP contribution in [0, 0.1) is 16.0 Å². The van der Waals surface area contributed by atoms with E-state index < -0.39 is 6.10 Å². The third-order valence-electron chi connectivity index (χ3n) is 3.85. The summed E-state index contributed by atoms with van der Waals surface area (Å²) in [6.07, 6.45) is 3.00. The Hall–Kier alpha value is -1.62. The van der Waals surface area contributed by atoms with Crippen molar-refractivity contribution < 1.29 is 10.0 Å². The molecule has 5 nitrogen and oxygen atoms in total. The molecule has 1 atom stereocenters. The number of nitrogens with zero attached hydrogens (tertiary/aromatic N) is 2. The highest BCUT2D eigenvalue weighted by molar-refractivity contribution is 5.64. The van der Waals surface area contributed by atoms with Gasteiger partial charge in [0.15, 0.2) is 0 Å². The van der Waals surface area contributed by atoms with E-state index in [1.165, 1.54) is 25.3 Å². The Bertz CT molecular complexity index is 470. The minimum atomic E-state index is -0.690. The third kappa shape index (κ3) is 3.04. The molecule has 0 amide bonds. The molecule has 5 heteroatoms. The second-order valence-electron chi connectivity index (χ2n) is 5.36. The van der Waals surface area contributed by atoms with Gasteiger partial charge < -0.3 is 10.0 Å². The van der Waals surface area contributed by atoms with E-state index in [9.17, 15) is 15.2 Å². The molecule has 0 aromatic heterocycles. The number of hydrogen-bond donors (Lipinski definition) is 1. The number of hydrogen-bond acceptors (Lipinski definition) is 4. The number of aliphatic hydroxyl groups is 1. The van der Waals surface area contributed by atoms with Gasteiger partial charge in [0.1, 0.15) is 5.69 Å². The van der Waals surface area contributed by atoms with Crippen molar-refractivity contribution in [1.82, 2.24) is 0 Å². The van der Waals surface area contributed by atoms with Crippen molar-refractivity contribution >= 4 is 11.4 Å². The number of anilines is 1. The van der Waals surface area contributed by atoms with Gasteiger partial charge in [0.2, 0.25) is 0 Å². The Kier molecular flexibility index (Phi) is 4.04. The highest BCUT2D eigenvalue weighted by Gasteiger charge is 2.23. The van der Waals surface area contributed by atoms with Gasteiger partial charge in [0, 0.05) is 19.7 Å². The lowest BCUT2D eigenvalue weighted by molar-refractivity contribution is -0.384. The Morgan fingerprint density at radius 3 is 2.68 bits per heavy atom. The molecule has 0 aliphatic heterocycles. The molecule has 0 bridgehead atoms. The normalized spacial score (nSPS) is 16.8. The summed E-state index contributed by atoms with van der Waals surface area (Å²) in [6.45, 7) is 2.46. The van der Waals surface area contributed by atoms with Crippen LogP contribution in [0.15, 0.2) is 18.2 Å². The highest BCUT2D eigenvalue weighted by atomic mass is 16.6. The van der Waals surface area contributed by atoms with Crippen molar-refractivity contribution in [1.29, 1.82) is 0 Å². The second kappa shape index (κ2) is 5.57. The SMILES string of the molecule is CC(O)c1ccc(N(C)CC2CCC2)c([N+](=O)[O-])c1. The topological polar surface area (TPSA) is 66.6 Å². The van der Waals surface area contributed by atoms with Crippen molar-refractivity contribution in [3.63, 3.8) is 0 Å². The van der Waals surface area contributed by atoms with Gasteiger partial charge in [0.05, 0.1) is 11.0 Å². The van der Waals surface area contributed by atoms with Gasteiger partial charge in [-0.05, 0) is 37.3 Å². The summed E-state index contributed by atoms with van der Waals surface area (Å²) in [5, 5.41) is 20.7. The van der Waals surface area contributed by atoms with Crippen molar-refractivity contribution in [3.8, 4) is 0 Å². The molecule has 1 aromatic carbocycles. The fourth-order valence-electron chi connectivity index (χ4n) is 2.43. The molecule has 104 valence electrons. The highest BCUT2D eigenvalue weighted by Crippen LogP contribution is 2.33. The van der Waals surface area contributed by atoms with Crippen molar-refractivity contribution in [2.75, 3.05) is 18.5 Å². The van der Waals surface area contributed by atoms with E-state index in [0.29, 0.717) is 17.2 Å². The van der Waals surface area contributed by atoms with Crippen molar-refractivity contribution in [3.05, 3.63) is 33.9 Å². The Labute approximate surface area is 113 Å². The largest absolute Gasteiger partial charge is 0.389 e. The average molecular weight is 264 g/mol. The molecule has 2 rings (SSSR count). The molecule has 1 saturated carbocycles. The molecule has 1 aliphatic carbocycles. The molecule has 1 fully saturated rings. The van der Waals surface area contributed by atoms with Crippen LogP contribution in [-0.4, -0.2) is 23.6 Å². The molecule has 1 N–H and O–H groups in total. The van der Waals surface area contributed by atoms with E-state index >= 15 is 0 Å². The first kappa shape index (κ1) is 13.8. The summed E-state index contributed by atoms with van der Waals surface area (Å²) >= 11 is 0. The minimum Gasteiger partial charge on any atom is -0.389 e. The van der Waals surface area contributed by atoms with Crippen LogP contribution in [0.3, 0.4) is 0 Å². The van der Waals surface area contributed by atoms with E-state index in [2.05, 4.69) is 0 Å². The van der Waals surface area contributed by atoms with Crippen LogP contribution in [0.4, 0.5) is 11.4 Å². The summed E-state index contributed by atoms with van der Waals surface area (Å²) in [6, 6.07) is 4.96. The van der Waals surface area contributed by atoms with Gasteiger partial charge in [-0.1, -0.05) is 12.5 Å². The van der Waals surface area contributed by atoms with Crippen LogP contribution in [-0.2, 0) is 0 Å². The maximum Gasteiger partial charge on any atom is 0.292 e. The number of nitro groups is 1. The Morgan fingerprint density at radius 2 is 2.21 bits per heavy atom. The summed E-state index contributed by atoms with van der Waals surface area (Å²) in [5.74, 6) is 0.654. The van der Waals surface area contributed by atoms with Crippen molar-refractivity contribution in [2.24, 2.45) is 5.92 Å². The second-order valence-corrected chi connectivity index (χ2v) is 5.36. The van der Waals surface area contributed by atoms with E-state index in [-0.39, 0.29) is 10.6 Å². The Morgan fingerprint density at radius 1 is 1.53 bits per heavy atom. The number of aliphatic hydroxyl groups excluding tert-OH is 1. The maximum atomic E-state index is 11.2. The average Bonchev–Trinajstić information content (AvgIpc) is 2.32.